The lowest BCUT2D eigenvalue weighted by molar-refractivity contribution is -0.0448. The van der Waals surface area contributed by atoms with E-state index in [-0.39, 0.29) is 19.7 Å². The summed E-state index contributed by atoms with van der Waals surface area (Å²) in [6.45, 7) is 25.4. The predicted octanol–water partition coefficient (Wildman–Crippen LogP) is 3.71. The summed E-state index contributed by atoms with van der Waals surface area (Å²) in [6.07, 6.45) is 4.14. The van der Waals surface area contributed by atoms with Gasteiger partial charge in [-0.3, -0.25) is 10.2 Å². The van der Waals surface area contributed by atoms with E-state index in [4.69, 9.17) is 35.9 Å². The summed E-state index contributed by atoms with van der Waals surface area (Å²) >= 11 is 0. The Kier molecular flexibility index (Phi) is 54.8. The van der Waals surface area contributed by atoms with Crippen molar-refractivity contribution in [2.75, 3.05) is 81.0 Å². The minimum Gasteiger partial charge on any atom is -0.460 e. The molecule has 47 heavy (non-hydrogen) atoms. The fourth-order valence-corrected chi connectivity index (χ4v) is 2.83. The fourth-order valence-electron chi connectivity index (χ4n) is 2.83. The summed E-state index contributed by atoms with van der Waals surface area (Å²) in [5, 5.41) is 12.8. The number of likely N-dealkylation sites (N-methyl/N-ethyl adjacent to an activating group) is 1. The first-order chi connectivity index (χ1) is 21.4. The van der Waals surface area contributed by atoms with Gasteiger partial charge in [-0.15, -0.1) is 0 Å². The zero-order valence-electron chi connectivity index (χ0n) is 32.1. The first kappa shape index (κ1) is 57.8. The van der Waals surface area contributed by atoms with Crippen LogP contribution in [0.2, 0.25) is 0 Å². The van der Waals surface area contributed by atoms with Gasteiger partial charge in [-0.2, -0.15) is 0 Å². The number of nitrogens with one attached hydrogen (secondary N) is 3. The van der Waals surface area contributed by atoms with Gasteiger partial charge in [0, 0.05) is 45.5 Å². The molecule has 2 aliphatic rings. The molecule has 1 aromatic heterocycles. The maximum Gasteiger partial charge on any atom is 0.255 e. The molecule has 14 nitrogen and oxygen atoms in total. The van der Waals surface area contributed by atoms with Crippen molar-refractivity contribution in [3.63, 3.8) is 0 Å². The average molecular weight is 686 g/mol. The third-order valence-electron chi connectivity index (χ3n) is 6.16. The number of ether oxygens (including phenoxy) is 4. The van der Waals surface area contributed by atoms with Crippen LogP contribution in [0.15, 0.2) is 10.6 Å². The number of rotatable bonds is 8. The van der Waals surface area contributed by atoms with Crippen molar-refractivity contribution in [3.05, 3.63) is 11.8 Å². The minimum atomic E-state index is -0.0852. The topological polar surface area (TPSA) is 215 Å². The molecule has 3 heterocycles. The molecule has 5 atom stereocenters. The molecular weight excluding hydrogens is 602 g/mol. The second-order valence-corrected chi connectivity index (χ2v) is 10.8. The van der Waals surface area contributed by atoms with Gasteiger partial charge in [0.1, 0.15) is 12.5 Å². The van der Waals surface area contributed by atoms with Crippen LogP contribution in [0.4, 0.5) is 0 Å². The normalized spacial score (nSPS) is 20.1. The van der Waals surface area contributed by atoms with Crippen molar-refractivity contribution in [3.8, 4) is 5.88 Å². The molecule has 290 valence electrons. The number of aromatic nitrogens is 1. The first-order valence-electron chi connectivity index (χ1n) is 16.5. The average Bonchev–Trinajstić information content (AvgIpc) is 3.44. The third-order valence-corrected chi connectivity index (χ3v) is 6.16. The molecule has 0 radical (unpaired) electrons. The highest BCUT2D eigenvalue weighted by Gasteiger charge is 2.21. The van der Waals surface area contributed by atoms with Crippen molar-refractivity contribution in [1.82, 2.24) is 32.2 Å². The molecule has 0 aliphatic carbocycles. The Morgan fingerprint density at radius 1 is 1.02 bits per heavy atom. The molecule has 1 aromatic rings. The summed E-state index contributed by atoms with van der Waals surface area (Å²) in [5.74, 6) is 1.20. The Morgan fingerprint density at radius 2 is 1.53 bits per heavy atom. The lowest BCUT2D eigenvalue weighted by atomic mass is 10.1. The Labute approximate surface area is 290 Å². The maximum atomic E-state index is 5.43. The molecule has 5 unspecified atom stereocenters. The molecule has 2 fully saturated rings. The number of hydrogen-bond acceptors (Lipinski definition) is 14. The SMILES string of the molecule is C.CC1NCCOC1C.CC1OCCN(C)C1C.CCCN.CCCN.CCCNC.COC.Cc1cc(OCNC(C)N)no1.N. The molecule has 0 aromatic carbocycles. The van der Waals surface area contributed by atoms with E-state index in [9.17, 15) is 0 Å². The van der Waals surface area contributed by atoms with Gasteiger partial charge in [-0.05, 0) is 99.7 Å². The molecule has 2 aliphatic heterocycles. The second-order valence-electron chi connectivity index (χ2n) is 10.8. The smallest absolute Gasteiger partial charge is 0.255 e. The zero-order valence-corrected chi connectivity index (χ0v) is 32.1. The van der Waals surface area contributed by atoms with Crippen LogP contribution < -0.4 is 44.0 Å². The highest BCUT2D eigenvalue weighted by atomic mass is 16.5. The van der Waals surface area contributed by atoms with E-state index in [0.717, 1.165) is 64.5 Å². The van der Waals surface area contributed by atoms with Crippen LogP contribution in [-0.2, 0) is 14.2 Å². The molecule has 2 saturated heterocycles. The van der Waals surface area contributed by atoms with Gasteiger partial charge < -0.3 is 57.5 Å². The number of aryl methyl sites for hydroxylation is 1. The maximum absolute atomic E-state index is 5.43. The fraction of sp³-hybridized carbons (Fsp3) is 0.909. The molecule has 14 heteroatoms. The lowest BCUT2D eigenvalue weighted by Crippen LogP contribution is -2.45. The van der Waals surface area contributed by atoms with Gasteiger partial charge in [-0.1, -0.05) is 28.2 Å². The summed E-state index contributed by atoms with van der Waals surface area (Å²) in [5.41, 5.74) is 15.5. The van der Waals surface area contributed by atoms with E-state index in [0.29, 0.717) is 36.9 Å². The zero-order chi connectivity index (χ0) is 35.5. The number of nitrogens with two attached hydrogens (primary N) is 3. The summed E-state index contributed by atoms with van der Waals surface area (Å²) in [6, 6.07) is 2.82. The second kappa shape index (κ2) is 44.6. The van der Waals surface area contributed by atoms with Crippen LogP contribution in [0.5, 0.6) is 5.88 Å². The molecule has 0 amide bonds. The lowest BCUT2D eigenvalue weighted by Gasteiger charge is -2.34. The van der Waals surface area contributed by atoms with Crippen molar-refractivity contribution in [2.45, 2.75) is 119 Å². The first-order valence-corrected chi connectivity index (χ1v) is 16.5. The van der Waals surface area contributed by atoms with Crippen LogP contribution in [0.3, 0.4) is 0 Å². The van der Waals surface area contributed by atoms with E-state index >= 15 is 0 Å². The summed E-state index contributed by atoms with van der Waals surface area (Å²) in [7, 11) is 7.35. The van der Waals surface area contributed by atoms with Crippen LogP contribution in [0.1, 0.15) is 87.8 Å². The van der Waals surface area contributed by atoms with E-state index in [1.165, 1.54) is 6.42 Å². The molecule has 12 N–H and O–H groups in total. The highest BCUT2D eigenvalue weighted by molar-refractivity contribution is 5.09. The van der Waals surface area contributed by atoms with E-state index in [1.807, 2.05) is 14.0 Å². The van der Waals surface area contributed by atoms with Crippen LogP contribution >= 0.6 is 0 Å². The number of hydrogen-bond donors (Lipinski definition) is 7. The largest absolute Gasteiger partial charge is 0.460 e. The third kappa shape index (κ3) is 44.6. The van der Waals surface area contributed by atoms with Crippen LogP contribution in [0.25, 0.3) is 0 Å². The van der Waals surface area contributed by atoms with E-state index in [1.54, 1.807) is 27.2 Å². The summed E-state index contributed by atoms with van der Waals surface area (Å²) < 4.78 is 24.9. The molecule has 0 spiro atoms. The van der Waals surface area contributed by atoms with Crippen molar-refractivity contribution in [2.24, 2.45) is 17.2 Å². The van der Waals surface area contributed by atoms with Gasteiger partial charge in [0.2, 0.25) is 0 Å². The Hall–Kier alpha value is -1.43. The predicted molar refractivity (Wildman–Crippen MR) is 201 cm³/mol. The number of morpholine rings is 2. The number of nitrogens with zero attached hydrogens (tertiary/aromatic N) is 2. The van der Waals surface area contributed by atoms with Crippen molar-refractivity contribution in [1.29, 1.82) is 0 Å². The Bertz CT molecular complexity index is 646. The molecule has 0 saturated carbocycles. The van der Waals surface area contributed by atoms with Gasteiger partial charge in [0.25, 0.3) is 5.88 Å². The van der Waals surface area contributed by atoms with Crippen LogP contribution in [0, 0.1) is 6.92 Å². The van der Waals surface area contributed by atoms with Gasteiger partial charge in [0.05, 0.1) is 31.6 Å². The minimum absolute atomic E-state index is 0. The molecular formula is C33H83N9O5. The quantitative estimate of drug-likeness (QED) is 0.194. The van der Waals surface area contributed by atoms with Crippen LogP contribution in [-0.4, -0.2) is 121 Å². The van der Waals surface area contributed by atoms with Crippen molar-refractivity contribution >= 4 is 0 Å². The van der Waals surface area contributed by atoms with E-state index < -0.39 is 0 Å². The highest BCUT2D eigenvalue weighted by Crippen LogP contribution is 2.10. The molecule has 0 bridgehead atoms. The van der Waals surface area contributed by atoms with Gasteiger partial charge >= 0.3 is 0 Å². The van der Waals surface area contributed by atoms with Gasteiger partial charge in [-0.25, -0.2) is 0 Å². The molecule has 3 rings (SSSR count). The Balaban J connectivity index is -0.000000109. The number of methoxy groups -OCH3 is 1. The van der Waals surface area contributed by atoms with Gasteiger partial charge in [0.15, 0.2) is 0 Å². The van der Waals surface area contributed by atoms with Crippen molar-refractivity contribution < 1.29 is 23.5 Å². The standard InChI is InChI=1S/C7H13N3O2.C7H15NO.C6H13NO.C4H11N.2C3H9N.C2H6O.CH4.H3N/c1-5-3-7(10-12-5)11-4-9-6(2)8;1-6-7(2)9-5-4-8(6)3;1-5-6(2)8-4-3-7-5;1-3-4-5-2;2*1-2-3-4;1-3-2;;/h3,6,9H,4,8H2,1-2H3;6-7H,4-5H2,1-3H3;5-7H,3-4H2,1-2H3;5H,3-4H2,1-2H3;2*2-4H2,1H3;1-2H3;1H4;1H3. The summed E-state index contributed by atoms with van der Waals surface area (Å²) in [4.78, 5) is 2.33. The monoisotopic (exact) mass is 686 g/mol. The Morgan fingerprint density at radius 3 is 1.81 bits per heavy atom. The van der Waals surface area contributed by atoms with E-state index in [2.05, 4.69) is 86.3 Å².